The summed E-state index contributed by atoms with van der Waals surface area (Å²) in [4.78, 5) is 13.8. The third kappa shape index (κ3) is 3.63. The van der Waals surface area contributed by atoms with E-state index in [1.165, 1.54) is 0 Å². The fourth-order valence-corrected chi connectivity index (χ4v) is 2.65. The number of anilines is 1. The fraction of sp³-hybridized carbons (Fsp3) is 0.235. The van der Waals surface area contributed by atoms with Crippen LogP contribution in [0.25, 0.3) is 0 Å². The lowest BCUT2D eigenvalue weighted by Gasteiger charge is -2.30. The summed E-state index contributed by atoms with van der Waals surface area (Å²) in [7, 11) is 2.19. The van der Waals surface area contributed by atoms with Gasteiger partial charge in [-0.05, 0) is 17.7 Å². The molecule has 0 spiro atoms. The first-order valence-electron chi connectivity index (χ1n) is 7.34. The molecule has 1 aliphatic rings. The zero-order valence-electron chi connectivity index (χ0n) is 12.6. The van der Waals surface area contributed by atoms with Crippen LogP contribution < -0.4 is 14.2 Å². The molecular formula is C17H18NO4P. The average Bonchev–Trinajstić information content (AvgIpc) is 2.60. The highest BCUT2D eigenvalue weighted by molar-refractivity contribution is 7.10. The molecule has 2 aromatic rings. The second-order valence-corrected chi connectivity index (χ2v) is 5.33. The van der Waals surface area contributed by atoms with Gasteiger partial charge in [-0.3, -0.25) is 4.79 Å². The minimum Gasteiger partial charge on any atom is -0.478 e. The van der Waals surface area contributed by atoms with E-state index < -0.39 is 0 Å². The molecule has 1 amide bonds. The lowest BCUT2D eigenvalue weighted by molar-refractivity contribution is -0.121. The number of amides is 1. The zero-order chi connectivity index (χ0) is 16.1. The molecule has 1 heterocycles. The van der Waals surface area contributed by atoms with Gasteiger partial charge in [0.2, 0.25) is 0 Å². The topological polar surface area (TPSA) is 48.0 Å². The molecule has 0 N–H and O–H groups in total. The van der Waals surface area contributed by atoms with Crippen LogP contribution in [0.1, 0.15) is 5.56 Å². The highest BCUT2D eigenvalue weighted by Gasteiger charge is 2.27. The summed E-state index contributed by atoms with van der Waals surface area (Å²) in [5.74, 6) is 1.10. The van der Waals surface area contributed by atoms with Crippen molar-refractivity contribution in [3.8, 4) is 11.5 Å². The van der Waals surface area contributed by atoms with Crippen molar-refractivity contribution >= 4 is 21.1 Å². The Morgan fingerprint density at radius 2 is 1.96 bits per heavy atom. The van der Waals surface area contributed by atoms with Crippen LogP contribution in [0.4, 0.5) is 5.69 Å². The van der Waals surface area contributed by atoms with E-state index in [0.717, 1.165) is 5.56 Å². The van der Waals surface area contributed by atoms with Crippen LogP contribution in [0.15, 0.2) is 48.5 Å². The highest BCUT2D eigenvalue weighted by atomic mass is 31.0. The fourth-order valence-electron chi connectivity index (χ4n) is 2.47. The minimum absolute atomic E-state index is 0.0106. The molecule has 23 heavy (non-hydrogen) atoms. The van der Waals surface area contributed by atoms with Gasteiger partial charge >= 0.3 is 0 Å². The van der Waals surface area contributed by atoms with Crippen molar-refractivity contribution in [2.24, 2.45) is 0 Å². The normalized spacial score (nSPS) is 13.4. The Morgan fingerprint density at radius 3 is 2.74 bits per heavy atom. The van der Waals surface area contributed by atoms with Crippen LogP contribution in [-0.2, 0) is 16.1 Å². The number of benzene rings is 2. The van der Waals surface area contributed by atoms with E-state index in [1.54, 1.807) is 11.0 Å². The van der Waals surface area contributed by atoms with Gasteiger partial charge in [-0.2, -0.15) is 0 Å². The smallest absolute Gasteiger partial charge is 0.265 e. The molecule has 6 heteroatoms. The second-order valence-electron chi connectivity index (χ2n) is 5.09. The predicted octanol–water partition coefficient (Wildman–Crippen LogP) is 2.80. The molecule has 0 radical (unpaired) electrons. The molecule has 120 valence electrons. The predicted molar refractivity (Wildman–Crippen MR) is 90.7 cm³/mol. The molecule has 0 saturated carbocycles. The number of carbonyl (C=O) groups excluding carboxylic acids is 1. The third-order valence-electron chi connectivity index (χ3n) is 3.59. The SMILES string of the molecule is O=C1COc2c(OP)cccc2N1CCOCc1ccccc1. The first-order chi connectivity index (χ1) is 11.3. The summed E-state index contributed by atoms with van der Waals surface area (Å²) in [6, 6.07) is 15.4. The average molecular weight is 331 g/mol. The van der Waals surface area contributed by atoms with Gasteiger partial charge in [0, 0.05) is 6.54 Å². The largest absolute Gasteiger partial charge is 0.478 e. The van der Waals surface area contributed by atoms with Gasteiger partial charge in [-0.1, -0.05) is 36.4 Å². The van der Waals surface area contributed by atoms with E-state index in [4.69, 9.17) is 14.0 Å². The Labute approximate surface area is 137 Å². The number of ether oxygens (including phenoxy) is 2. The summed E-state index contributed by atoms with van der Waals surface area (Å²) in [5, 5.41) is 0. The molecule has 0 bridgehead atoms. The Hall–Kier alpha value is -2.10. The lowest BCUT2D eigenvalue weighted by atomic mass is 10.2. The minimum atomic E-state index is -0.0817. The summed E-state index contributed by atoms with van der Waals surface area (Å²) in [6.45, 7) is 1.46. The van der Waals surface area contributed by atoms with Gasteiger partial charge in [-0.15, -0.1) is 0 Å². The van der Waals surface area contributed by atoms with Crippen LogP contribution in [0.2, 0.25) is 0 Å². The molecular weight excluding hydrogens is 313 g/mol. The number of nitrogens with zero attached hydrogens (tertiary/aromatic N) is 1. The standard InChI is InChI=1S/C17H18NO4P/c19-16-12-21-17-14(7-4-8-15(17)22-23)18(16)9-10-20-11-13-5-2-1-3-6-13/h1-8H,9-12,23H2. The maximum Gasteiger partial charge on any atom is 0.265 e. The molecule has 1 unspecified atom stereocenters. The monoisotopic (exact) mass is 331 g/mol. The first-order valence-corrected chi connectivity index (χ1v) is 7.81. The van der Waals surface area contributed by atoms with Crippen molar-refractivity contribution in [3.05, 3.63) is 54.1 Å². The van der Waals surface area contributed by atoms with Crippen molar-refractivity contribution in [1.82, 2.24) is 0 Å². The molecule has 5 nitrogen and oxygen atoms in total. The number of carbonyl (C=O) groups is 1. The molecule has 2 aromatic carbocycles. The van der Waals surface area contributed by atoms with Crippen LogP contribution in [-0.4, -0.2) is 25.7 Å². The Balaban J connectivity index is 1.63. The van der Waals surface area contributed by atoms with Crippen LogP contribution >= 0.6 is 9.47 Å². The molecule has 0 fully saturated rings. The van der Waals surface area contributed by atoms with Crippen molar-refractivity contribution < 1.29 is 18.8 Å². The highest BCUT2D eigenvalue weighted by Crippen LogP contribution is 2.40. The first kappa shape index (κ1) is 15.8. The second kappa shape index (κ2) is 7.44. The van der Waals surface area contributed by atoms with Crippen LogP contribution in [0, 0.1) is 0 Å². The molecule has 1 atom stereocenters. The van der Waals surface area contributed by atoms with Crippen molar-refractivity contribution in [1.29, 1.82) is 0 Å². The summed E-state index contributed by atoms with van der Waals surface area (Å²) < 4.78 is 16.4. The maximum absolute atomic E-state index is 12.1. The van der Waals surface area contributed by atoms with Gasteiger partial charge in [0.15, 0.2) is 18.1 Å². The van der Waals surface area contributed by atoms with E-state index in [-0.39, 0.29) is 12.5 Å². The van der Waals surface area contributed by atoms with Crippen LogP contribution in [0.3, 0.4) is 0 Å². The molecule has 0 aromatic heterocycles. The third-order valence-corrected chi connectivity index (χ3v) is 3.84. The van der Waals surface area contributed by atoms with E-state index in [1.807, 2.05) is 42.5 Å². The Kier molecular flexibility index (Phi) is 5.11. The van der Waals surface area contributed by atoms with E-state index >= 15 is 0 Å². The molecule has 1 aliphatic heterocycles. The number of fused-ring (bicyclic) bond motifs is 1. The van der Waals surface area contributed by atoms with Gasteiger partial charge in [0.25, 0.3) is 5.91 Å². The van der Waals surface area contributed by atoms with Crippen molar-refractivity contribution in [2.75, 3.05) is 24.7 Å². The Bertz CT molecular complexity index is 678. The summed E-state index contributed by atoms with van der Waals surface area (Å²) in [6.07, 6.45) is 0. The van der Waals surface area contributed by atoms with E-state index in [2.05, 4.69) is 9.47 Å². The number of rotatable bonds is 6. The molecule has 3 rings (SSSR count). The molecule has 0 aliphatic carbocycles. The molecule has 0 saturated heterocycles. The maximum atomic E-state index is 12.1. The number of hydrogen-bond donors (Lipinski definition) is 0. The van der Waals surface area contributed by atoms with Gasteiger partial charge in [0.1, 0.15) is 0 Å². The zero-order valence-corrected chi connectivity index (χ0v) is 13.8. The number of hydrogen-bond acceptors (Lipinski definition) is 4. The van der Waals surface area contributed by atoms with Crippen LogP contribution in [0.5, 0.6) is 11.5 Å². The number of para-hydroxylation sites is 1. The van der Waals surface area contributed by atoms with Gasteiger partial charge in [0.05, 0.1) is 28.4 Å². The van der Waals surface area contributed by atoms with E-state index in [0.29, 0.717) is 36.9 Å². The van der Waals surface area contributed by atoms with Gasteiger partial charge < -0.3 is 18.9 Å². The quantitative estimate of drug-likeness (QED) is 0.603. The lowest BCUT2D eigenvalue weighted by Crippen LogP contribution is -2.40. The van der Waals surface area contributed by atoms with Crippen molar-refractivity contribution in [3.63, 3.8) is 0 Å². The van der Waals surface area contributed by atoms with Gasteiger partial charge in [-0.25, -0.2) is 0 Å². The summed E-state index contributed by atoms with van der Waals surface area (Å²) in [5.41, 5.74) is 1.82. The Morgan fingerprint density at radius 1 is 1.13 bits per heavy atom. The summed E-state index contributed by atoms with van der Waals surface area (Å²) >= 11 is 0. The van der Waals surface area contributed by atoms with E-state index in [9.17, 15) is 4.79 Å². The van der Waals surface area contributed by atoms with Crippen molar-refractivity contribution in [2.45, 2.75) is 6.61 Å².